The Morgan fingerprint density at radius 3 is 0.912 bits per heavy atom. The maximum absolute atomic E-state index is 13.1. The predicted octanol–water partition coefficient (Wildman–Crippen LogP) is 22.7. The molecule has 0 aromatic carbocycles. The third-order valence-corrected chi connectivity index (χ3v) is 17.7. The van der Waals surface area contributed by atoms with E-state index in [0.717, 1.165) is 186 Å². The highest BCUT2D eigenvalue weighted by molar-refractivity contribution is 7.47. The van der Waals surface area contributed by atoms with E-state index in [1.165, 1.54) is 32.1 Å². The second kappa shape index (κ2) is 74.2. The molecule has 0 aliphatic rings. The molecule has 0 aliphatic heterocycles. The number of aliphatic hydroxyl groups excluding tert-OH is 1. The number of allylic oxidation sites excluding steroid dienone is 23. The van der Waals surface area contributed by atoms with Crippen LogP contribution < -0.4 is 0 Å². The van der Waals surface area contributed by atoms with Gasteiger partial charge in [-0.15, -0.1) is 0 Å². The normalized spacial score (nSPS) is 14.7. The summed E-state index contributed by atoms with van der Waals surface area (Å²) in [5.41, 5.74) is 0. The average Bonchev–Trinajstić information content (AvgIpc) is 0.934. The van der Waals surface area contributed by atoms with Crippen molar-refractivity contribution in [3.05, 3.63) is 146 Å². The molecule has 0 amide bonds. The van der Waals surface area contributed by atoms with Crippen LogP contribution in [-0.2, 0) is 65.4 Å². The second-order valence-electron chi connectivity index (χ2n) is 25.5. The molecule has 5 unspecified atom stereocenters. The Kier molecular flexibility index (Phi) is 70.5. The number of hydrogen-bond acceptors (Lipinski definition) is 15. The van der Waals surface area contributed by atoms with Crippen molar-refractivity contribution >= 4 is 39.5 Å². The first-order chi connectivity index (χ1) is 49.7. The lowest BCUT2D eigenvalue weighted by Crippen LogP contribution is -2.30. The summed E-state index contributed by atoms with van der Waals surface area (Å²) < 4.78 is 68.4. The van der Waals surface area contributed by atoms with E-state index in [-0.39, 0.29) is 25.7 Å². The van der Waals surface area contributed by atoms with Gasteiger partial charge in [0.05, 0.1) is 32.8 Å². The van der Waals surface area contributed by atoms with E-state index in [1.807, 2.05) is 18.2 Å². The van der Waals surface area contributed by atoms with Gasteiger partial charge in [0, 0.05) is 19.3 Å². The Morgan fingerprint density at radius 2 is 0.559 bits per heavy atom. The van der Waals surface area contributed by atoms with Gasteiger partial charge in [-0.2, -0.15) is 0 Å². The average molecular weight is 1470 g/mol. The summed E-state index contributed by atoms with van der Waals surface area (Å²) in [4.78, 5) is 72.8. The van der Waals surface area contributed by atoms with Gasteiger partial charge in [-0.1, -0.05) is 276 Å². The summed E-state index contributed by atoms with van der Waals surface area (Å²) in [5, 5.41) is 10.6. The van der Waals surface area contributed by atoms with Crippen LogP contribution in [0.3, 0.4) is 0 Å². The molecule has 17 nitrogen and oxygen atoms in total. The lowest BCUT2D eigenvalue weighted by Gasteiger charge is -2.21. The van der Waals surface area contributed by atoms with E-state index in [1.54, 1.807) is 6.08 Å². The van der Waals surface area contributed by atoms with Gasteiger partial charge >= 0.3 is 39.5 Å². The van der Waals surface area contributed by atoms with Crippen molar-refractivity contribution in [1.29, 1.82) is 0 Å². The van der Waals surface area contributed by atoms with Crippen LogP contribution in [0.1, 0.15) is 297 Å². The van der Waals surface area contributed by atoms with Crippen molar-refractivity contribution < 1.29 is 80.2 Å². The SMILES string of the molecule is CC/C=C\C/C=C\C/C=C\C/C=C\C/C=C\CC(=O)OCC(COP(=O)(O)OCC(O)COP(=O)(O)OCC(COC(=O)CCCCCCCC/C=C\C/C=C\C/C=C\CCCCC)OC(=O)CCCCCCCCC/C=C\C/C=C\C/C=C\CC)OC(=O)CCCCCCC/C=C\CCCC. The number of carbonyl (C=O) groups excluding carboxylic acids is 4. The molecule has 0 aliphatic carbocycles. The number of aliphatic hydroxyl groups is 1. The van der Waals surface area contributed by atoms with Crippen LogP contribution in [0.25, 0.3) is 0 Å². The maximum atomic E-state index is 13.1. The van der Waals surface area contributed by atoms with Crippen LogP contribution >= 0.6 is 15.6 Å². The first kappa shape index (κ1) is 96.9. The highest BCUT2D eigenvalue weighted by Crippen LogP contribution is 2.45. The van der Waals surface area contributed by atoms with E-state index in [9.17, 15) is 43.2 Å². The molecule has 0 rings (SSSR count). The van der Waals surface area contributed by atoms with Crippen molar-refractivity contribution in [3.8, 4) is 0 Å². The summed E-state index contributed by atoms with van der Waals surface area (Å²) in [6, 6.07) is 0. The molecule has 0 aromatic heterocycles. The highest BCUT2D eigenvalue weighted by atomic mass is 31.2. The van der Waals surface area contributed by atoms with Crippen molar-refractivity contribution in [2.75, 3.05) is 39.6 Å². The molecule has 582 valence electrons. The molecule has 3 N–H and O–H groups in total. The summed E-state index contributed by atoms with van der Waals surface area (Å²) in [6.45, 7) is 4.43. The van der Waals surface area contributed by atoms with Gasteiger partial charge in [0.25, 0.3) is 0 Å². The van der Waals surface area contributed by atoms with Crippen LogP contribution in [0.4, 0.5) is 0 Å². The van der Waals surface area contributed by atoms with E-state index >= 15 is 0 Å². The lowest BCUT2D eigenvalue weighted by atomic mass is 10.1. The Labute approximate surface area is 617 Å². The highest BCUT2D eigenvalue weighted by Gasteiger charge is 2.30. The van der Waals surface area contributed by atoms with E-state index in [2.05, 4.69) is 149 Å². The fraction of sp³-hybridized carbons (Fsp3) is 0.663. The Morgan fingerprint density at radius 1 is 0.294 bits per heavy atom. The molecule has 0 bridgehead atoms. The maximum Gasteiger partial charge on any atom is 0.472 e. The van der Waals surface area contributed by atoms with Gasteiger partial charge in [0.2, 0.25) is 0 Å². The third-order valence-electron chi connectivity index (χ3n) is 15.8. The number of hydrogen-bond donors (Lipinski definition) is 3. The van der Waals surface area contributed by atoms with Crippen molar-refractivity contribution in [3.63, 3.8) is 0 Å². The van der Waals surface area contributed by atoms with E-state index in [0.29, 0.717) is 25.7 Å². The van der Waals surface area contributed by atoms with Gasteiger partial charge < -0.3 is 33.8 Å². The molecule has 0 radical (unpaired) electrons. The van der Waals surface area contributed by atoms with Gasteiger partial charge in [0.15, 0.2) is 12.2 Å². The van der Waals surface area contributed by atoms with Crippen molar-refractivity contribution in [1.82, 2.24) is 0 Å². The van der Waals surface area contributed by atoms with Crippen LogP contribution in [0.5, 0.6) is 0 Å². The van der Waals surface area contributed by atoms with Crippen molar-refractivity contribution in [2.24, 2.45) is 0 Å². The molecule has 0 saturated heterocycles. The minimum absolute atomic E-state index is 0.0612. The van der Waals surface area contributed by atoms with Crippen LogP contribution in [0.15, 0.2) is 146 Å². The van der Waals surface area contributed by atoms with E-state index in [4.69, 9.17) is 37.0 Å². The molecular weight excluding hydrogens is 1330 g/mol. The zero-order chi connectivity index (χ0) is 74.6. The number of esters is 4. The van der Waals surface area contributed by atoms with E-state index < -0.39 is 97.5 Å². The summed E-state index contributed by atoms with van der Waals surface area (Å²) in [7, 11) is -9.99. The summed E-state index contributed by atoms with van der Waals surface area (Å²) in [6.07, 6.45) is 84.4. The zero-order valence-corrected chi connectivity index (χ0v) is 65.3. The van der Waals surface area contributed by atoms with Gasteiger partial charge in [-0.3, -0.25) is 37.3 Å². The molecule has 0 aromatic rings. The lowest BCUT2D eigenvalue weighted by molar-refractivity contribution is -0.161. The van der Waals surface area contributed by atoms with Gasteiger partial charge in [0.1, 0.15) is 19.3 Å². The first-order valence-electron chi connectivity index (χ1n) is 39.1. The van der Waals surface area contributed by atoms with Crippen molar-refractivity contribution in [2.45, 2.75) is 316 Å². The smallest absolute Gasteiger partial charge is 0.462 e. The van der Waals surface area contributed by atoms with Gasteiger partial charge in [-0.05, 0) is 141 Å². The Hall–Kier alpha value is -5.06. The van der Waals surface area contributed by atoms with Gasteiger partial charge in [-0.25, -0.2) is 9.13 Å². The molecular formula is C83H138O17P2. The number of phosphoric ester groups is 2. The molecule has 0 heterocycles. The Bertz CT molecular complexity index is 2510. The third kappa shape index (κ3) is 73.3. The minimum Gasteiger partial charge on any atom is -0.462 e. The number of rotatable bonds is 72. The largest absolute Gasteiger partial charge is 0.472 e. The standard InChI is InChI=1S/C83H138O17P2/c1-5-9-13-17-21-25-29-32-35-37-38-40-42-45-49-52-56-60-64-68-81(86)94-74-79(100-83(88)70-66-62-58-54-50-46-43-39-36-33-30-26-22-18-14-10-6-2)76-98-102(91,92)96-72-77(84)71-95-101(89,90)97-75-78(99-82(87)69-65-61-57-53-47-28-24-20-16-12-8-4)73-93-80(85)67-63-59-55-51-48-44-41-34-31-27-23-19-15-11-7-3/h10-11,14-15,20-27,32-36,38,40-41,48,51,59,63,77-79,84H,5-9,12-13,16-19,28-31,37,39,42-47,49-50,52-58,60-62,64-76H2,1-4H3,(H,89,90)(H,91,92)/b14-10-,15-11-,24-20-,25-21-,26-22-,27-23-,35-32-,36-33-,40-38-,41-34-,51-48-,63-59-. The van der Waals surface area contributed by atoms with Crippen LogP contribution in [0.2, 0.25) is 0 Å². The Balaban J connectivity index is 5.42. The number of ether oxygens (including phenoxy) is 4. The quantitative estimate of drug-likeness (QED) is 0.0169. The zero-order valence-electron chi connectivity index (χ0n) is 63.5. The van der Waals surface area contributed by atoms with Crippen LogP contribution in [-0.4, -0.2) is 96.7 Å². The molecule has 102 heavy (non-hydrogen) atoms. The predicted molar refractivity (Wildman–Crippen MR) is 417 cm³/mol. The first-order valence-corrected chi connectivity index (χ1v) is 42.1. The monoisotopic (exact) mass is 1470 g/mol. The van der Waals surface area contributed by atoms with Crippen LogP contribution in [0, 0.1) is 0 Å². The molecule has 5 atom stereocenters. The minimum atomic E-state index is -5.00. The summed E-state index contributed by atoms with van der Waals surface area (Å²) in [5.74, 6) is -2.36. The fourth-order valence-electron chi connectivity index (χ4n) is 9.88. The number of phosphoric acid groups is 2. The topological polar surface area (TPSA) is 237 Å². The fourth-order valence-corrected chi connectivity index (χ4v) is 11.5. The molecule has 19 heteroatoms. The summed E-state index contributed by atoms with van der Waals surface area (Å²) >= 11 is 0. The second-order valence-corrected chi connectivity index (χ2v) is 28.5. The molecule has 0 saturated carbocycles. The number of unbranched alkanes of at least 4 members (excludes halogenated alkanes) is 23. The molecule has 0 spiro atoms. The molecule has 0 fully saturated rings. The number of carbonyl (C=O) groups is 4.